The van der Waals surface area contributed by atoms with Gasteiger partial charge in [0.2, 0.25) is 15.0 Å². The van der Waals surface area contributed by atoms with Crippen LogP contribution in [0.2, 0.25) is 0 Å². The summed E-state index contributed by atoms with van der Waals surface area (Å²) in [6.07, 6.45) is 4.00. The average Bonchev–Trinajstić information content (AvgIpc) is 3.65. The standard InChI is InChI=1S/C41H41N5O3Si/c1-41(2,3)26-37(49-50(35-20-9-5-10-21-35)36-22-11-6-12-23-36)30-15-13-18-33(25-30)46-38-31(28-45(40(46)47)29-34-19-14-24-48-34)27-42-39(44-38)43-32-16-7-4-8-17-32/h4-25,27,37,50H,26,28-29H2,1-3H3,(H,42,43,44). The van der Waals surface area contributed by atoms with Crippen molar-refractivity contribution in [3.63, 3.8) is 0 Å². The Kier molecular flexibility index (Phi) is 9.60. The molecule has 1 aliphatic heterocycles. The van der Waals surface area contributed by atoms with Gasteiger partial charge in [-0.05, 0) is 64.2 Å². The number of benzene rings is 4. The number of aromatic nitrogens is 2. The number of hydrogen-bond acceptors (Lipinski definition) is 6. The Morgan fingerprint density at radius 2 is 1.54 bits per heavy atom. The van der Waals surface area contributed by atoms with Crippen LogP contribution in [-0.2, 0) is 17.5 Å². The highest BCUT2D eigenvalue weighted by atomic mass is 28.3. The number of rotatable bonds is 11. The predicted molar refractivity (Wildman–Crippen MR) is 201 cm³/mol. The number of fused-ring (bicyclic) bond motifs is 1. The summed E-state index contributed by atoms with van der Waals surface area (Å²) in [4.78, 5) is 27.4. The Morgan fingerprint density at radius 3 is 2.18 bits per heavy atom. The first-order valence-corrected chi connectivity index (χ1v) is 18.6. The topological polar surface area (TPSA) is 83.7 Å². The van der Waals surface area contributed by atoms with E-state index in [1.807, 2.05) is 66.7 Å². The molecule has 1 unspecified atom stereocenters. The van der Waals surface area contributed by atoms with Crippen molar-refractivity contribution in [1.82, 2.24) is 14.9 Å². The van der Waals surface area contributed by atoms with Gasteiger partial charge in [-0.25, -0.2) is 14.7 Å². The lowest BCUT2D eigenvalue weighted by Crippen LogP contribution is -2.46. The quantitative estimate of drug-likeness (QED) is 0.139. The van der Waals surface area contributed by atoms with E-state index in [-0.39, 0.29) is 17.6 Å². The zero-order chi connectivity index (χ0) is 34.5. The Morgan fingerprint density at radius 1 is 0.860 bits per heavy atom. The number of hydrogen-bond donors (Lipinski definition) is 1. The molecule has 1 aliphatic rings. The molecule has 1 atom stereocenters. The second-order valence-electron chi connectivity index (χ2n) is 13.8. The molecular weight excluding hydrogens is 639 g/mol. The van der Waals surface area contributed by atoms with Gasteiger partial charge >= 0.3 is 6.03 Å². The zero-order valence-corrected chi connectivity index (χ0v) is 29.7. The van der Waals surface area contributed by atoms with Gasteiger partial charge in [-0.1, -0.05) is 112 Å². The van der Waals surface area contributed by atoms with Crippen molar-refractivity contribution in [3.05, 3.63) is 157 Å². The molecule has 0 saturated heterocycles. The molecule has 0 aliphatic carbocycles. The van der Waals surface area contributed by atoms with Gasteiger partial charge in [0.1, 0.15) is 5.76 Å². The molecule has 6 aromatic rings. The summed E-state index contributed by atoms with van der Waals surface area (Å²) in [6, 6.07) is 42.6. The number of furan rings is 1. The maximum absolute atomic E-state index is 14.4. The minimum absolute atomic E-state index is 0.0222. The lowest BCUT2D eigenvalue weighted by molar-refractivity contribution is 0.150. The Bertz CT molecular complexity index is 1980. The first-order chi connectivity index (χ1) is 24.3. The number of para-hydroxylation sites is 1. The molecule has 50 heavy (non-hydrogen) atoms. The van der Waals surface area contributed by atoms with E-state index in [0.29, 0.717) is 36.3 Å². The second-order valence-corrected chi connectivity index (χ2v) is 16.1. The van der Waals surface area contributed by atoms with Crippen molar-refractivity contribution in [3.8, 4) is 0 Å². The lowest BCUT2D eigenvalue weighted by atomic mass is 9.87. The van der Waals surface area contributed by atoms with Gasteiger partial charge in [0.05, 0.1) is 31.1 Å². The van der Waals surface area contributed by atoms with Crippen molar-refractivity contribution >= 4 is 48.6 Å². The second kappa shape index (κ2) is 14.5. The number of nitrogens with zero attached hydrogens (tertiary/aromatic N) is 4. The van der Waals surface area contributed by atoms with E-state index in [1.54, 1.807) is 22.3 Å². The van der Waals surface area contributed by atoms with Gasteiger partial charge in [0.15, 0.2) is 5.82 Å². The van der Waals surface area contributed by atoms with Gasteiger partial charge in [-0.15, -0.1) is 0 Å². The predicted octanol–water partition coefficient (Wildman–Crippen LogP) is 8.12. The van der Waals surface area contributed by atoms with Gasteiger partial charge in [-0.2, -0.15) is 4.98 Å². The van der Waals surface area contributed by atoms with Crippen LogP contribution >= 0.6 is 0 Å². The monoisotopic (exact) mass is 679 g/mol. The van der Waals surface area contributed by atoms with Crippen LogP contribution in [-0.4, -0.2) is 29.9 Å². The summed E-state index contributed by atoms with van der Waals surface area (Å²) in [5.41, 5.74) is 3.40. The molecule has 0 radical (unpaired) electrons. The van der Waals surface area contributed by atoms with Gasteiger partial charge in [0, 0.05) is 17.4 Å². The molecule has 2 amide bonds. The van der Waals surface area contributed by atoms with E-state index in [9.17, 15) is 4.79 Å². The molecule has 9 heteroatoms. The fourth-order valence-corrected chi connectivity index (χ4v) is 8.72. The summed E-state index contributed by atoms with van der Waals surface area (Å²) >= 11 is 0. The first-order valence-electron chi connectivity index (χ1n) is 17.0. The summed E-state index contributed by atoms with van der Waals surface area (Å²) < 4.78 is 12.9. The maximum Gasteiger partial charge on any atom is 0.331 e. The third-order valence-electron chi connectivity index (χ3n) is 8.64. The highest BCUT2D eigenvalue weighted by Gasteiger charge is 2.35. The highest BCUT2D eigenvalue weighted by molar-refractivity contribution is 6.80. The van der Waals surface area contributed by atoms with Crippen molar-refractivity contribution in [1.29, 1.82) is 0 Å². The van der Waals surface area contributed by atoms with E-state index in [0.717, 1.165) is 23.2 Å². The number of nitrogens with one attached hydrogen (secondary N) is 1. The molecule has 4 aromatic carbocycles. The zero-order valence-electron chi connectivity index (χ0n) is 28.6. The molecule has 0 spiro atoms. The third-order valence-corrected chi connectivity index (χ3v) is 11.2. The largest absolute Gasteiger partial charge is 0.467 e. The fraction of sp³-hybridized carbons (Fsp3) is 0.195. The summed E-state index contributed by atoms with van der Waals surface area (Å²) in [5, 5.41) is 5.73. The number of anilines is 4. The van der Waals surface area contributed by atoms with Crippen LogP contribution in [0.3, 0.4) is 0 Å². The minimum Gasteiger partial charge on any atom is -0.467 e. The fourth-order valence-electron chi connectivity index (χ4n) is 6.30. The van der Waals surface area contributed by atoms with Crippen LogP contribution in [0.1, 0.15) is 50.2 Å². The molecule has 252 valence electrons. The van der Waals surface area contributed by atoms with E-state index >= 15 is 0 Å². The highest BCUT2D eigenvalue weighted by Crippen LogP contribution is 2.38. The smallest absolute Gasteiger partial charge is 0.331 e. The summed E-state index contributed by atoms with van der Waals surface area (Å²) in [6.45, 7) is 7.40. The number of urea groups is 1. The Balaban J connectivity index is 1.28. The van der Waals surface area contributed by atoms with Crippen LogP contribution in [0.4, 0.5) is 27.9 Å². The van der Waals surface area contributed by atoms with Crippen molar-refractivity contribution in [2.45, 2.75) is 46.4 Å². The molecule has 0 saturated carbocycles. The van der Waals surface area contributed by atoms with Crippen LogP contribution < -0.4 is 20.6 Å². The normalized spacial score (nSPS) is 13.7. The Hall–Kier alpha value is -5.51. The molecule has 7 rings (SSSR count). The van der Waals surface area contributed by atoms with E-state index in [2.05, 4.69) is 91.7 Å². The maximum atomic E-state index is 14.4. The SMILES string of the molecule is CC(C)(C)CC(O[SiH](c1ccccc1)c1ccccc1)c1cccc(N2C(=O)N(Cc3ccco3)Cc3cnc(Nc4ccccc4)nc32)c1. The van der Waals surface area contributed by atoms with E-state index in [1.165, 1.54) is 10.4 Å². The van der Waals surface area contributed by atoms with Crippen molar-refractivity contribution in [2.75, 3.05) is 10.2 Å². The van der Waals surface area contributed by atoms with Crippen LogP contribution in [0.15, 0.2) is 144 Å². The number of amides is 2. The van der Waals surface area contributed by atoms with E-state index < -0.39 is 9.04 Å². The van der Waals surface area contributed by atoms with Crippen LogP contribution in [0, 0.1) is 5.41 Å². The van der Waals surface area contributed by atoms with Crippen LogP contribution in [0.25, 0.3) is 0 Å². The minimum atomic E-state index is -2.10. The number of carbonyl (C=O) groups is 1. The van der Waals surface area contributed by atoms with Gasteiger partial charge in [-0.3, -0.25) is 0 Å². The average molecular weight is 680 g/mol. The molecule has 0 bridgehead atoms. The number of carbonyl (C=O) groups excluding carboxylic acids is 1. The molecule has 1 N–H and O–H groups in total. The summed E-state index contributed by atoms with van der Waals surface area (Å²) in [5.74, 6) is 1.66. The molecule has 8 nitrogen and oxygen atoms in total. The summed E-state index contributed by atoms with van der Waals surface area (Å²) in [7, 11) is -2.10. The molecule has 3 heterocycles. The van der Waals surface area contributed by atoms with Crippen molar-refractivity contribution < 1.29 is 13.6 Å². The van der Waals surface area contributed by atoms with Crippen molar-refractivity contribution in [2.24, 2.45) is 5.41 Å². The Labute approximate surface area is 295 Å². The van der Waals surface area contributed by atoms with Gasteiger partial charge < -0.3 is 19.1 Å². The lowest BCUT2D eigenvalue weighted by Gasteiger charge is -2.36. The molecule has 2 aromatic heterocycles. The van der Waals surface area contributed by atoms with Gasteiger partial charge in [0.25, 0.3) is 0 Å². The molecule has 0 fully saturated rings. The van der Waals surface area contributed by atoms with Crippen LogP contribution in [0.5, 0.6) is 0 Å². The third kappa shape index (κ3) is 7.69. The first kappa shape index (κ1) is 33.0. The van der Waals surface area contributed by atoms with E-state index in [4.69, 9.17) is 13.8 Å². The molecular formula is C41H41N5O3Si.